The lowest BCUT2D eigenvalue weighted by Gasteiger charge is -2.15. The lowest BCUT2D eigenvalue weighted by molar-refractivity contribution is 0.725. The zero-order valence-electron chi connectivity index (χ0n) is 14.0. The Balaban J connectivity index is 1.86. The molecule has 3 heteroatoms. The Bertz CT molecular complexity index is 749. The average molecular weight is 371 g/mol. The molecular formula is C20H23BrN2. The van der Waals surface area contributed by atoms with Gasteiger partial charge in [-0.1, -0.05) is 40.2 Å². The molecule has 0 aromatic heterocycles. The van der Waals surface area contributed by atoms with Crippen molar-refractivity contribution in [2.45, 2.75) is 39.7 Å². The second kappa shape index (κ2) is 6.88. The normalized spacial score (nSPS) is 17.0. The van der Waals surface area contributed by atoms with Crippen LogP contribution in [0.25, 0.3) is 0 Å². The Morgan fingerprint density at radius 1 is 1.13 bits per heavy atom. The maximum atomic E-state index is 4.67. The Morgan fingerprint density at radius 3 is 2.70 bits per heavy atom. The molecule has 0 bridgehead atoms. The molecule has 1 aliphatic rings. The van der Waals surface area contributed by atoms with Gasteiger partial charge in [-0.3, -0.25) is 4.99 Å². The summed E-state index contributed by atoms with van der Waals surface area (Å²) < 4.78 is 1.15. The minimum absolute atomic E-state index is 0.436. The molecule has 23 heavy (non-hydrogen) atoms. The summed E-state index contributed by atoms with van der Waals surface area (Å²) in [5.41, 5.74) is 6.78. The van der Waals surface area contributed by atoms with Crippen LogP contribution in [0.1, 0.15) is 34.7 Å². The van der Waals surface area contributed by atoms with E-state index >= 15 is 0 Å². The van der Waals surface area contributed by atoms with Crippen molar-refractivity contribution in [2.24, 2.45) is 4.99 Å². The van der Waals surface area contributed by atoms with Crippen molar-refractivity contribution in [3.05, 3.63) is 68.7 Å². The highest BCUT2D eigenvalue weighted by molar-refractivity contribution is 9.10. The van der Waals surface area contributed by atoms with Gasteiger partial charge in [0.1, 0.15) is 5.84 Å². The Kier molecular flexibility index (Phi) is 4.86. The van der Waals surface area contributed by atoms with E-state index in [0.717, 1.165) is 29.7 Å². The van der Waals surface area contributed by atoms with Crippen molar-refractivity contribution in [1.82, 2.24) is 5.32 Å². The standard InChI is InChI=1S/C20H23BrN2/c1-13-7-9-17(21)11-16(13)8-10-18-14(2)5-4-6-19(18)20-22-12-15(3)23-20/h4-7,9,11,15H,8,10,12H2,1-3H3,(H,22,23). The summed E-state index contributed by atoms with van der Waals surface area (Å²) in [6, 6.07) is 13.5. The van der Waals surface area contributed by atoms with Crippen LogP contribution in [0.3, 0.4) is 0 Å². The van der Waals surface area contributed by atoms with Gasteiger partial charge >= 0.3 is 0 Å². The number of aryl methyl sites for hydroxylation is 3. The first-order valence-electron chi connectivity index (χ1n) is 8.19. The van der Waals surface area contributed by atoms with Crippen LogP contribution in [0.2, 0.25) is 0 Å². The van der Waals surface area contributed by atoms with Gasteiger partial charge in [0, 0.05) is 16.1 Å². The molecule has 1 unspecified atom stereocenters. The van der Waals surface area contributed by atoms with Crippen molar-refractivity contribution in [3.8, 4) is 0 Å². The van der Waals surface area contributed by atoms with E-state index in [1.165, 1.54) is 27.8 Å². The highest BCUT2D eigenvalue weighted by Gasteiger charge is 2.18. The molecule has 3 rings (SSSR count). The highest BCUT2D eigenvalue weighted by Crippen LogP contribution is 2.22. The van der Waals surface area contributed by atoms with E-state index in [0.29, 0.717) is 6.04 Å². The predicted octanol–water partition coefficient (Wildman–Crippen LogP) is 4.59. The maximum absolute atomic E-state index is 4.67. The summed E-state index contributed by atoms with van der Waals surface area (Å²) in [6.07, 6.45) is 2.08. The first-order valence-corrected chi connectivity index (χ1v) is 8.99. The predicted molar refractivity (Wildman–Crippen MR) is 101 cm³/mol. The minimum Gasteiger partial charge on any atom is -0.366 e. The van der Waals surface area contributed by atoms with Gasteiger partial charge in [-0.25, -0.2) is 0 Å². The molecule has 0 fully saturated rings. The lowest BCUT2D eigenvalue weighted by atomic mass is 9.94. The van der Waals surface area contributed by atoms with E-state index in [1.54, 1.807) is 0 Å². The van der Waals surface area contributed by atoms with Crippen molar-refractivity contribution in [3.63, 3.8) is 0 Å². The largest absolute Gasteiger partial charge is 0.366 e. The molecule has 0 saturated carbocycles. The van der Waals surface area contributed by atoms with Crippen LogP contribution in [-0.4, -0.2) is 18.4 Å². The Hall–Kier alpha value is -1.61. The molecule has 0 radical (unpaired) electrons. The minimum atomic E-state index is 0.436. The van der Waals surface area contributed by atoms with E-state index < -0.39 is 0 Å². The van der Waals surface area contributed by atoms with Crippen LogP contribution in [0.15, 0.2) is 45.9 Å². The molecule has 0 aliphatic carbocycles. The number of aliphatic imine (C=N–C) groups is 1. The molecule has 0 saturated heterocycles. The quantitative estimate of drug-likeness (QED) is 0.835. The second-order valence-electron chi connectivity index (χ2n) is 6.41. The fraction of sp³-hybridized carbons (Fsp3) is 0.350. The van der Waals surface area contributed by atoms with Gasteiger partial charge < -0.3 is 5.32 Å². The number of hydrogen-bond donors (Lipinski definition) is 1. The monoisotopic (exact) mass is 370 g/mol. The number of halogens is 1. The third-order valence-corrected chi connectivity index (χ3v) is 5.02. The molecule has 1 N–H and O–H groups in total. The van der Waals surface area contributed by atoms with Gasteiger partial charge in [0.25, 0.3) is 0 Å². The summed E-state index contributed by atoms with van der Waals surface area (Å²) in [5, 5.41) is 3.50. The number of nitrogens with zero attached hydrogens (tertiary/aromatic N) is 1. The summed E-state index contributed by atoms with van der Waals surface area (Å²) in [5.74, 6) is 1.06. The SMILES string of the molecule is Cc1ccc(Br)cc1CCc1c(C)cccc1C1=NCC(C)N1. The van der Waals surface area contributed by atoms with E-state index in [-0.39, 0.29) is 0 Å². The fourth-order valence-electron chi connectivity index (χ4n) is 3.14. The van der Waals surface area contributed by atoms with Crippen LogP contribution in [0, 0.1) is 13.8 Å². The molecule has 2 aromatic carbocycles. The smallest absolute Gasteiger partial charge is 0.128 e. The highest BCUT2D eigenvalue weighted by atomic mass is 79.9. The van der Waals surface area contributed by atoms with E-state index in [4.69, 9.17) is 0 Å². The number of nitrogens with one attached hydrogen (secondary N) is 1. The van der Waals surface area contributed by atoms with Crippen molar-refractivity contribution >= 4 is 21.8 Å². The van der Waals surface area contributed by atoms with Gasteiger partial charge in [-0.15, -0.1) is 0 Å². The van der Waals surface area contributed by atoms with Gasteiger partial charge in [-0.2, -0.15) is 0 Å². The number of rotatable bonds is 4. The molecule has 1 atom stereocenters. The third-order valence-electron chi connectivity index (χ3n) is 4.53. The lowest BCUT2D eigenvalue weighted by Crippen LogP contribution is -2.28. The molecule has 2 aromatic rings. The number of hydrogen-bond acceptors (Lipinski definition) is 2. The molecule has 2 nitrogen and oxygen atoms in total. The molecule has 120 valence electrons. The first-order chi connectivity index (χ1) is 11.0. The van der Waals surface area contributed by atoms with Gasteiger partial charge in [0.05, 0.1) is 6.54 Å². The Labute approximate surface area is 147 Å². The van der Waals surface area contributed by atoms with Crippen molar-refractivity contribution in [2.75, 3.05) is 6.54 Å². The van der Waals surface area contributed by atoms with Gasteiger partial charge in [0.15, 0.2) is 0 Å². The zero-order valence-corrected chi connectivity index (χ0v) is 15.6. The van der Waals surface area contributed by atoms with Crippen LogP contribution in [-0.2, 0) is 12.8 Å². The van der Waals surface area contributed by atoms with Crippen LogP contribution >= 0.6 is 15.9 Å². The first kappa shape index (κ1) is 16.3. The molecule has 1 aliphatic heterocycles. The average Bonchev–Trinajstić information content (AvgIpc) is 2.95. The third kappa shape index (κ3) is 3.66. The van der Waals surface area contributed by atoms with Crippen LogP contribution < -0.4 is 5.32 Å². The fourth-order valence-corrected chi connectivity index (χ4v) is 3.55. The molecular weight excluding hydrogens is 348 g/mol. The second-order valence-corrected chi connectivity index (χ2v) is 7.32. The zero-order chi connectivity index (χ0) is 16.4. The summed E-state index contributed by atoms with van der Waals surface area (Å²) in [6.45, 7) is 7.43. The van der Waals surface area contributed by atoms with E-state index in [1.807, 2.05) is 0 Å². The van der Waals surface area contributed by atoms with Crippen LogP contribution in [0.5, 0.6) is 0 Å². The number of amidine groups is 1. The maximum Gasteiger partial charge on any atom is 0.128 e. The van der Waals surface area contributed by atoms with E-state index in [2.05, 4.69) is 83.4 Å². The van der Waals surface area contributed by atoms with Crippen molar-refractivity contribution < 1.29 is 0 Å². The molecule has 0 amide bonds. The molecule has 0 spiro atoms. The van der Waals surface area contributed by atoms with Crippen molar-refractivity contribution in [1.29, 1.82) is 0 Å². The summed E-state index contributed by atoms with van der Waals surface area (Å²) in [7, 11) is 0. The number of benzene rings is 2. The van der Waals surface area contributed by atoms with Gasteiger partial charge in [-0.05, 0) is 68.0 Å². The molecule has 1 heterocycles. The summed E-state index contributed by atoms with van der Waals surface area (Å²) in [4.78, 5) is 4.67. The summed E-state index contributed by atoms with van der Waals surface area (Å²) >= 11 is 3.58. The topological polar surface area (TPSA) is 24.4 Å². The van der Waals surface area contributed by atoms with E-state index in [9.17, 15) is 0 Å². The van der Waals surface area contributed by atoms with Gasteiger partial charge in [0.2, 0.25) is 0 Å². The van der Waals surface area contributed by atoms with Crippen LogP contribution in [0.4, 0.5) is 0 Å². The Morgan fingerprint density at radius 2 is 1.96 bits per heavy atom.